The summed E-state index contributed by atoms with van der Waals surface area (Å²) in [5.41, 5.74) is 2.98. The average molecular weight is 289 g/mol. The van der Waals surface area contributed by atoms with Crippen LogP contribution >= 0.6 is 11.3 Å². The Balaban J connectivity index is 1.64. The van der Waals surface area contributed by atoms with E-state index in [4.69, 9.17) is 4.99 Å². The van der Waals surface area contributed by atoms with Gasteiger partial charge in [-0.3, -0.25) is 0 Å². The molecule has 1 aromatic heterocycles. The smallest absolute Gasteiger partial charge is 0.134 e. The Bertz CT molecular complexity index is 540. The van der Waals surface area contributed by atoms with Crippen LogP contribution in [0.1, 0.15) is 61.5 Å². The highest BCUT2D eigenvalue weighted by atomic mass is 32.1. The first kappa shape index (κ1) is 12.7. The van der Waals surface area contributed by atoms with E-state index in [1.165, 1.54) is 67.8 Å². The van der Waals surface area contributed by atoms with Crippen LogP contribution in [0.5, 0.6) is 0 Å². The average Bonchev–Trinajstić information content (AvgIpc) is 2.99. The van der Waals surface area contributed by atoms with Crippen LogP contribution in [0.15, 0.2) is 4.99 Å². The highest BCUT2D eigenvalue weighted by molar-refractivity contribution is 7.16. The Labute approximate surface area is 124 Å². The van der Waals surface area contributed by atoms with E-state index in [9.17, 15) is 0 Å². The van der Waals surface area contributed by atoms with E-state index in [-0.39, 0.29) is 6.17 Å². The minimum absolute atomic E-state index is 0.201. The van der Waals surface area contributed by atoms with Crippen LogP contribution < -0.4 is 10.6 Å². The molecule has 2 aliphatic carbocycles. The number of nitrogens with zero attached hydrogens (tertiary/aromatic N) is 1. The molecule has 20 heavy (non-hydrogen) atoms. The van der Waals surface area contributed by atoms with Crippen molar-refractivity contribution in [3.8, 4) is 0 Å². The van der Waals surface area contributed by atoms with E-state index in [0.717, 1.165) is 0 Å². The van der Waals surface area contributed by atoms with Gasteiger partial charge in [0.15, 0.2) is 0 Å². The molecule has 3 nitrogen and oxygen atoms in total. The van der Waals surface area contributed by atoms with E-state index in [1.54, 1.807) is 10.4 Å². The van der Waals surface area contributed by atoms with Crippen LogP contribution in [0.3, 0.4) is 0 Å². The van der Waals surface area contributed by atoms with Crippen LogP contribution in [-0.2, 0) is 12.8 Å². The van der Waals surface area contributed by atoms with Gasteiger partial charge in [0.25, 0.3) is 0 Å². The van der Waals surface area contributed by atoms with Gasteiger partial charge < -0.3 is 10.6 Å². The highest BCUT2D eigenvalue weighted by Crippen LogP contribution is 2.41. The summed E-state index contributed by atoms with van der Waals surface area (Å²) < 4.78 is 0. The second-order valence-electron chi connectivity index (χ2n) is 6.34. The lowest BCUT2D eigenvalue weighted by Crippen LogP contribution is -2.40. The van der Waals surface area contributed by atoms with Crippen molar-refractivity contribution in [3.63, 3.8) is 0 Å². The van der Waals surface area contributed by atoms with Gasteiger partial charge in [0.1, 0.15) is 17.0 Å². The van der Waals surface area contributed by atoms with Crippen molar-refractivity contribution >= 4 is 22.2 Å². The third kappa shape index (κ3) is 2.14. The molecule has 2 N–H and O–H groups in total. The first-order valence-corrected chi connectivity index (χ1v) is 8.88. The molecule has 1 saturated carbocycles. The number of amidine groups is 1. The fourth-order valence-corrected chi connectivity index (χ4v) is 5.16. The zero-order chi connectivity index (χ0) is 13.5. The van der Waals surface area contributed by atoms with Gasteiger partial charge in [0, 0.05) is 10.9 Å². The number of aliphatic imine (C=N–C) groups is 1. The van der Waals surface area contributed by atoms with Crippen molar-refractivity contribution in [2.45, 2.75) is 70.5 Å². The van der Waals surface area contributed by atoms with Gasteiger partial charge in [-0.1, -0.05) is 19.3 Å². The van der Waals surface area contributed by atoms with E-state index in [1.807, 2.05) is 11.3 Å². The number of anilines is 1. The number of nitrogens with one attached hydrogen (secondary N) is 2. The lowest BCUT2D eigenvalue weighted by atomic mass is 9.95. The Morgan fingerprint density at radius 2 is 2.00 bits per heavy atom. The zero-order valence-electron chi connectivity index (χ0n) is 12.2. The van der Waals surface area contributed by atoms with Crippen molar-refractivity contribution in [2.24, 2.45) is 4.99 Å². The van der Waals surface area contributed by atoms with Crippen molar-refractivity contribution < 1.29 is 0 Å². The summed E-state index contributed by atoms with van der Waals surface area (Å²) in [7, 11) is 0. The maximum Gasteiger partial charge on any atom is 0.134 e. The molecule has 4 rings (SSSR count). The zero-order valence-corrected chi connectivity index (χ0v) is 13.0. The molecule has 0 radical (unpaired) electrons. The predicted molar refractivity (Wildman–Crippen MR) is 86.0 cm³/mol. The fourth-order valence-electron chi connectivity index (χ4n) is 3.79. The van der Waals surface area contributed by atoms with Crippen molar-refractivity contribution in [3.05, 3.63) is 16.0 Å². The van der Waals surface area contributed by atoms with E-state index < -0.39 is 0 Å². The minimum Gasteiger partial charge on any atom is -0.367 e. The Morgan fingerprint density at radius 1 is 1.15 bits per heavy atom. The first-order chi connectivity index (χ1) is 9.81. The maximum atomic E-state index is 4.87. The van der Waals surface area contributed by atoms with Crippen LogP contribution in [-0.4, -0.2) is 18.0 Å². The van der Waals surface area contributed by atoms with E-state index in [0.29, 0.717) is 6.04 Å². The van der Waals surface area contributed by atoms with Gasteiger partial charge in [-0.2, -0.15) is 0 Å². The molecule has 1 aliphatic heterocycles. The molecule has 3 aliphatic rings. The molecule has 1 atom stereocenters. The third-order valence-corrected chi connectivity index (χ3v) is 5.99. The Kier molecular flexibility index (Phi) is 3.21. The molecule has 2 heterocycles. The van der Waals surface area contributed by atoms with Crippen LogP contribution in [0, 0.1) is 0 Å². The number of hydrogen-bond donors (Lipinski definition) is 2. The molecule has 1 fully saturated rings. The van der Waals surface area contributed by atoms with Crippen molar-refractivity contribution in [1.82, 2.24) is 5.32 Å². The molecule has 1 unspecified atom stereocenters. The highest BCUT2D eigenvalue weighted by Gasteiger charge is 2.29. The molecular weight excluding hydrogens is 266 g/mol. The maximum absolute atomic E-state index is 4.87. The fraction of sp³-hybridized carbons (Fsp3) is 0.688. The Hall–Kier alpha value is -1.03. The van der Waals surface area contributed by atoms with Gasteiger partial charge in [0.05, 0.1) is 5.56 Å². The van der Waals surface area contributed by atoms with Crippen LogP contribution in [0.2, 0.25) is 0 Å². The van der Waals surface area contributed by atoms with Gasteiger partial charge >= 0.3 is 0 Å². The van der Waals surface area contributed by atoms with E-state index >= 15 is 0 Å². The summed E-state index contributed by atoms with van der Waals surface area (Å²) in [6.07, 6.45) is 10.8. The lowest BCUT2D eigenvalue weighted by molar-refractivity contribution is 0.413. The lowest BCUT2D eigenvalue weighted by Gasteiger charge is -2.28. The number of aryl methyl sites for hydroxylation is 1. The van der Waals surface area contributed by atoms with Gasteiger partial charge in [-0.15, -0.1) is 11.3 Å². The summed E-state index contributed by atoms with van der Waals surface area (Å²) in [5.74, 6) is 1.18. The Morgan fingerprint density at radius 3 is 2.85 bits per heavy atom. The number of hydrogen-bond acceptors (Lipinski definition) is 4. The minimum atomic E-state index is 0.201. The predicted octanol–water partition coefficient (Wildman–Crippen LogP) is 3.68. The molecule has 0 saturated heterocycles. The van der Waals surface area contributed by atoms with Crippen molar-refractivity contribution in [1.29, 1.82) is 0 Å². The van der Waals surface area contributed by atoms with E-state index in [2.05, 4.69) is 17.6 Å². The number of fused-ring (bicyclic) bond motifs is 3. The summed E-state index contributed by atoms with van der Waals surface area (Å²) >= 11 is 1.96. The second-order valence-corrected chi connectivity index (χ2v) is 7.44. The third-order valence-electron chi connectivity index (χ3n) is 4.77. The van der Waals surface area contributed by atoms with Gasteiger partial charge in [-0.25, -0.2) is 4.99 Å². The molecule has 0 bridgehead atoms. The quantitative estimate of drug-likeness (QED) is 0.827. The number of rotatable bonds is 1. The van der Waals surface area contributed by atoms with Gasteiger partial charge in [-0.05, 0) is 44.6 Å². The first-order valence-electron chi connectivity index (χ1n) is 8.07. The molecular formula is C16H23N3S. The molecule has 4 heteroatoms. The normalized spacial score (nSPS) is 25.6. The molecule has 108 valence electrons. The molecule has 0 spiro atoms. The molecule has 0 amide bonds. The molecule has 0 aromatic carbocycles. The van der Waals surface area contributed by atoms with Crippen LogP contribution in [0.4, 0.5) is 5.00 Å². The number of thiophene rings is 1. The standard InChI is InChI=1S/C16H23N3S/c1-10-17-15(19-11-6-3-2-4-7-11)14-12-8-5-9-13(12)20-16(14)18-10/h10-11,18H,2-9H2,1H3,(H,17,19). The van der Waals surface area contributed by atoms with Crippen LogP contribution in [0.25, 0.3) is 0 Å². The van der Waals surface area contributed by atoms with Gasteiger partial charge in [0.2, 0.25) is 0 Å². The summed E-state index contributed by atoms with van der Waals surface area (Å²) in [6, 6.07) is 0.637. The monoisotopic (exact) mass is 289 g/mol. The summed E-state index contributed by atoms with van der Waals surface area (Å²) in [6.45, 7) is 2.15. The summed E-state index contributed by atoms with van der Waals surface area (Å²) in [4.78, 5) is 6.46. The topological polar surface area (TPSA) is 36.4 Å². The second kappa shape index (κ2) is 5.06. The summed E-state index contributed by atoms with van der Waals surface area (Å²) in [5, 5.41) is 8.68. The largest absolute Gasteiger partial charge is 0.367 e. The van der Waals surface area contributed by atoms with Crippen molar-refractivity contribution in [2.75, 3.05) is 5.32 Å². The molecule has 1 aromatic rings. The SMILES string of the molecule is CC1N=C(NC2CCCCC2)c2c(sc3c2CCC3)N1.